The molecule has 0 bridgehead atoms. The van der Waals surface area contributed by atoms with E-state index in [9.17, 15) is 13.5 Å². The Bertz CT molecular complexity index is 428. The van der Waals surface area contributed by atoms with Crippen molar-refractivity contribution in [2.24, 2.45) is 5.73 Å². The first-order chi connectivity index (χ1) is 6.95. The number of benzene rings is 1. The molecule has 3 N–H and O–H groups in total. The number of para-hydroxylation sites is 1. The SMILES string of the molecule is CS(=O)(=O)C(CN)Cc1ccccc1O. The lowest BCUT2D eigenvalue weighted by atomic mass is 10.1. The van der Waals surface area contributed by atoms with E-state index in [-0.39, 0.29) is 18.7 Å². The molecular weight excluding hydrogens is 214 g/mol. The Labute approximate surface area is 89.7 Å². The van der Waals surface area contributed by atoms with Crippen LogP contribution in [-0.2, 0) is 16.3 Å². The van der Waals surface area contributed by atoms with Crippen LogP contribution in [0.3, 0.4) is 0 Å². The first-order valence-corrected chi connectivity index (χ1v) is 6.56. The summed E-state index contributed by atoms with van der Waals surface area (Å²) in [6.45, 7) is 0.0627. The first-order valence-electron chi connectivity index (χ1n) is 4.61. The second-order valence-corrected chi connectivity index (χ2v) is 5.85. The second kappa shape index (κ2) is 4.63. The molecule has 0 aromatic heterocycles. The van der Waals surface area contributed by atoms with Crippen molar-refractivity contribution < 1.29 is 13.5 Å². The van der Waals surface area contributed by atoms with Gasteiger partial charge in [-0.1, -0.05) is 18.2 Å². The predicted octanol–water partition coefficient (Wildman–Crippen LogP) is 0.307. The Morgan fingerprint density at radius 1 is 1.40 bits per heavy atom. The zero-order valence-corrected chi connectivity index (χ0v) is 9.37. The molecule has 0 radical (unpaired) electrons. The van der Waals surface area contributed by atoms with Crippen molar-refractivity contribution in [3.05, 3.63) is 29.8 Å². The van der Waals surface area contributed by atoms with Gasteiger partial charge in [-0.2, -0.15) is 0 Å². The number of hydrogen-bond acceptors (Lipinski definition) is 4. The van der Waals surface area contributed by atoms with Crippen molar-refractivity contribution in [2.45, 2.75) is 11.7 Å². The number of rotatable bonds is 4. The minimum absolute atomic E-state index is 0.0627. The summed E-state index contributed by atoms with van der Waals surface area (Å²) in [5.74, 6) is 0.111. The first kappa shape index (κ1) is 12.0. The molecule has 0 aliphatic heterocycles. The van der Waals surface area contributed by atoms with Crippen molar-refractivity contribution >= 4 is 9.84 Å². The Morgan fingerprint density at radius 2 is 2.00 bits per heavy atom. The Balaban J connectivity index is 2.90. The highest BCUT2D eigenvalue weighted by atomic mass is 32.2. The van der Waals surface area contributed by atoms with Crippen molar-refractivity contribution in [3.8, 4) is 5.75 Å². The molecule has 0 aliphatic rings. The molecule has 84 valence electrons. The molecule has 0 spiro atoms. The zero-order valence-electron chi connectivity index (χ0n) is 8.55. The topological polar surface area (TPSA) is 80.4 Å². The molecule has 4 nitrogen and oxygen atoms in total. The lowest BCUT2D eigenvalue weighted by Gasteiger charge is -2.13. The molecule has 0 saturated carbocycles. The van der Waals surface area contributed by atoms with Crippen LogP contribution in [0.2, 0.25) is 0 Å². The molecule has 1 aromatic rings. The molecule has 1 unspecified atom stereocenters. The third-order valence-electron chi connectivity index (χ3n) is 2.31. The van der Waals surface area contributed by atoms with Gasteiger partial charge in [0, 0.05) is 12.8 Å². The third kappa shape index (κ3) is 3.21. The van der Waals surface area contributed by atoms with Crippen molar-refractivity contribution in [1.29, 1.82) is 0 Å². The van der Waals surface area contributed by atoms with Gasteiger partial charge in [0.2, 0.25) is 0 Å². The Morgan fingerprint density at radius 3 is 2.47 bits per heavy atom. The highest BCUT2D eigenvalue weighted by Crippen LogP contribution is 2.19. The maximum Gasteiger partial charge on any atom is 0.151 e. The molecule has 0 fully saturated rings. The van der Waals surface area contributed by atoms with Gasteiger partial charge in [0.05, 0.1) is 5.25 Å². The lowest BCUT2D eigenvalue weighted by molar-refractivity contribution is 0.467. The molecule has 5 heteroatoms. The molecule has 1 rings (SSSR count). The van der Waals surface area contributed by atoms with Crippen LogP contribution in [0.25, 0.3) is 0 Å². The number of sulfone groups is 1. The summed E-state index contributed by atoms with van der Waals surface area (Å²) < 4.78 is 22.6. The van der Waals surface area contributed by atoms with Crippen LogP contribution >= 0.6 is 0 Å². The summed E-state index contributed by atoms with van der Waals surface area (Å²) in [6, 6.07) is 6.68. The summed E-state index contributed by atoms with van der Waals surface area (Å²) in [5.41, 5.74) is 6.01. The summed E-state index contributed by atoms with van der Waals surface area (Å²) in [6.07, 6.45) is 1.41. The van der Waals surface area contributed by atoms with Crippen LogP contribution in [0, 0.1) is 0 Å². The number of phenols is 1. The summed E-state index contributed by atoms with van der Waals surface area (Å²) in [4.78, 5) is 0. The Hall–Kier alpha value is -1.07. The molecule has 0 amide bonds. The zero-order chi connectivity index (χ0) is 11.5. The van der Waals surface area contributed by atoms with E-state index in [1.54, 1.807) is 18.2 Å². The largest absolute Gasteiger partial charge is 0.508 e. The maximum atomic E-state index is 11.3. The van der Waals surface area contributed by atoms with Crippen LogP contribution in [0.1, 0.15) is 5.56 Å². The van der Waals surface area contributed by atoms with Crippen molar-refractivity contribution in [2.75, 3.05) is 12.8 Å². The fourth-order valence-electron chi connectivity index (χ4n) is 1.34. The van der Waals surface area contributed by atoms with E-state index >= 15 is 0 Å². The average Bonchev–Trinajstić information content (AvgIpc) is 2.14. The van der Waals surface area contributed by atoms with Crippen LogP contribution in [-0.4, -0.2) is 31.6 Å². The summed E-state index contributed by atoms with van der Waals surface area (Å²) >= 11 is 0. The van der Waals surface area contributed by atoms with Gasteiger partial charge in [0.15, 0.2) is 9.84 Å². The van der Waals surface area contributed by atoms with Crippen molar-refractivity contribution in [3.63, 3.8) is 0 Å². The number of hydrogen-bond donors (Lipinski definition) is 2. The van der Waals surface area contributed by atoms with E-state index in [1.165, 1.54) is 6.07 Å². The van der Waals surface area contributed by atoms with Crippen LogP contribution in [0.15, 0.2) is 24.3 Å². The lowest BCUT2D eigenvalue weighted by Crippen LogP contribution is -2.30. The summed E-state index contributed by atoms with van der Waals surface area (Å²) in [7, 11) is -3.17. The van der Waals surface area contributed by atoms with Crippen LogP contribution < -0.4 is 5.73 Å². The van der Waals surface area contributed by atoms with E-state index < -0.39 is 15.1 Å². The molecule has 0 saturated heterocycles. The standard InChI is InChI=1S/C10H15NO3S/c1-15(13,14)9(7-11)6-8-4-2-3-5-10(8)12/h2-5,9,12H,6-7,11H2,1H3. The molecule has 0 heterocycles. The van der Waals surface area contributed by atoms with E-state index in [1.807, 2.05) is 0 Å². The van der Waals surface area contributed by atoms with Gasteiger partial charge in [-0.05, 0) is 18.1 Å². The molecule has 15 heavy (non-hydrogen) atoms. The number of aromatic hydroxyl groups is 1. The van der Waals surface area contributed by atoms with Gasteiger partial charge in [0.1, 0.15) is 5.75 Å². The minimum Gasteiger partial charge on any atom is -0.508 e. The highest BCUT2D eigenvalue weighted by Gasteiger charge is 2.20. The second-order valence-electron chi connectivity index (χ2n) is 3.52. The van der Waals surface area contributed by atoms with Crippen LogP contribution in [0.5, 0.6) is 5.75 Å². The molecular formula is C10H15NO3S. The average molecular weight is 229 g/mol. The van der Waals surface area contributed by atoms with E-state index in [4.69, 9.17) is 5.73 Å². The van der Waals surface area contributed by atoms with Gasteiger partial charge in [0.25, 0.3) is 0 Å². The van der Waals surface area contributed by atoms with Gasteiger partial charge in [-0.15, -0.1) is 0 Å². The maximum absolute atomic E-state index is 11.3. The number of phenolic OH excluding ortho intramolecular Hbond substituents is 1. The van der Waals surface area contributed by atoms with Gasteiger partial charge >= 0.3 is 0 Å². The normalized spacial score (nSPS) is 13.7. The monoisotopic (exact) mass is 229 g/mol. The molecule has 1 aromatic carbocycles. The molecule has 0 aliphatic carbocycles. The van der Waals surface area contributed by atoms with Crippen molar-refractivity contribution in [1.82, 2.24) is 0 Å². The molecule has 1 atom stereocenters. The van der Waals surface area contributed by atoms with E-state index in [0.717, 1.165) is 6.26 Å². The predicted molar refractivity (Wildman–Crippen MR) is 59.5 cm³/mol. The Kier molecular flexibility index (Phi) is 3.71. The van der Waals surface area contributed by atoms with Gasteiger partial charge in [-0.3, -0.25) is 0 Å². The smallest absolute Gasteiger partial charge is 0.151 e. The fourth-order valence-corrected chi connectivity index (χ4v) is 2.17. The van der Waals surface area contributed by atoms with Gasteiger partial charge < -0.3 is 10.8 Å². The highest BCUT2D eigenvalue weighted by molar-refractivity contribution is 7.91. The van der Waals surface area contributed by atoms with Crippen LogP contribution in [0.4, 0.5) is 0 Å². The quantitative estimate of drug-likeness (QED) is 0.778. The summed E-state index contributed by atoms with van der Waals surface area (Å²) in [5, 5.41) is 8.85. The third-order valence-corrected chi connectivity index (χ3v) is 3.88. The van der Waals surface area contributed by atoms with Gasteiger partial charge in [-0.25, -0.2) is 8.42 Å². The number of nitrogens with two attached hydrogens (primary N) is 1. The van der Waals surface area contributed by atoms with E-state index in [2.05, 4.69) is 0 Å². The minimum atomic E-state index is -3.17. The fraction of sp³-hybridized carbons (Fsp3) is 0.400. The van der Waals surface area contributed by atoms with E-state index in [0.29, 0.717) is 5.56 Å².